The van der Waals surface area contributed by atoms with Gasteiger partial charge in [0.25, 0.3) is 0 Å². The summed E-state index contributed by atoms with van der Waals surface area (Å²) in [5.74, 6) is 0. The van der Waals surface area contributed by atoms with Gasteiger partial charge in [-0.05, 0) is 5.19 Å². The lowest BCUT2D eigenvalue weighted by atomic mass is 10.2. The summed E-state index contributed by atoms with van der Waals surface area (Å²) in [5, 5.41) is 1.76. The van der Waals surface area contributed by atoms with Crippen molar-refractivity contribution < 1.29 is 4.79 Å². The zero-order chi connectivity index (χ0) is 6.97. The van der Waals surface area contributed by atoms with E-state index >= 15 is 0 Å². The number of benzene rings is 1. The largest absolute Gasteiger partial charge is 0.296 e. The molecule has 0 amide bonds. The van der Waals surface area contributed by atoms with Gasteiger partial charge in [-0.1, -0.05) is 24.3 Å². The van der Waals surface area contributed by atoms with Crippen LogP contribution in [0.15, 0.2) is 24.3 Å². The first-order valence-electron chi connectivity index (χ1n) is 3.19. The Labute approximate surface area is 63.0 Å². The van der Waals surface area contributed by atoms with Gasteiger partial charge in [0.05, 0.1) is 8.61 Å². The molecule has 1 aromatic carbocycles. The lowest BCUT2D eigenvalue weighted by Gasteiger charge is -1.93. The first-order chi connectivity index (χ1) is 4.88. The highest BCUT2D eigenvalue weighted by molar-refractivity contribution is 7.03. The van der Waals surface area contributed by atoms with Crippen LogP contribution in [0.4, 0.5) is 0 Å². The number of carbonyl (C=O) groups is 1. The summed E-state index contributed by atoms with van der Waals surface area (Å²) < 4.78 is 0. The van der Waals surface area contributed by atoms with Crippen molar-refractivity contribution in [3.8, 4) is 0 Å². The summed E-state index contributed by atoms with van der Waals surface area (Å²) in [6, 6.07) is 8.00. The minimum absolute atomic E-state index is 0.112. The third-order valence-electron chi connectivity index (χ3n) is 1.64. The first kappa shape index (κ1) is 6.06. The minimum atomic E-state index is 0.112. The smallest absolute Gasteiger partial charge is 0.151 e. The predicted octanol–water partition coefficient (Wildman–Crippen LogP) is -0.746. The van der Waals surface area contributed by atoms with Gasteiger partial charge >= 0.3 is 0 Å². The van der Waals surface area contributed by atoms with E-state index in [0.29, 0.717) is 14.0 Å². The molecule has 1 nitrogen and oxygen atoms in total. The molecule has 0 saturated heterocycles. The van der Waals surface area contributed by atoms with E-state index in [4.69, 9.17) is 0 Å². The molecule has 3 heteroatoms. The zero-order valence-electron chi connectivity index (χ0n) is 5.37. The Kier molecular flexibility index (Phi) is 1.32. The quantitative estimate of drug-likeness (QED) is 0.459. The van der Waals surface area contributed by atoms with Gasteiger partial charge in [0.1, 0.15) is 0 Å². The molecular formula is C7H6OSi2. The van der Waals surface area contributed by atoms with Gasteiger partial charge in [-0.25, -0.2) is 0 Å². The fraction of sp³-hybridized carbons (Fsp3) is 0. The SMILES string of the molecule is O=C1[SiH]=[SiH]c2ccccc21. The maximum absolute atomic E-state index is 11.1. The van der Waals surface area contributed by atoms with Crippen molar-refractivity contribution >= 4 is 27.8 Å². The van der Waals surface area contributed by atoms with Crippen LogP contribution in [-0.2, 0) is 0 Å². The fourth-order valence-electron chi connectivity index (χ4n) is 1.12. The molecule has 0 radical (unpaired) electrons. The van der Waals surface area contributed by atoms with E-state index in [1.165, 1.54) is 5.19 Å². The Morgan fingerprint density at radius 3 is 2.70 bits per heavy atom. The maximum atomic E-state index is 11.1. The van der Waals surface area contributed by atoms with Crippen molar-refractivity contribution in [2.24, 2.45) is 0 Å². The predicted molar refractivity (Wildman–Crippen MR) is 44.7 cm³/mol. The summed E-state index contributed by atoms with van der Waals surface area (Å²) >= 11 is 0. The first-order valence-corrected chi connectivity index (χ1v) is 7.01. The summed E-state index contributed by atoms with van der Waals surface area (Å²) in [6.07, 6.45) is 0. The molecule has 0 atom stereocenters. The van der Waals surface area contributed by atoms with Gasteiger partial charge in [-0.2, -0.15) is 0 Å². The van der Waals surface area contributed by atoms with Crippen LogP contribution < -0.4 is 5.19 Å². The van der Waals surface area contributed by atoms with Gasteiger partial charge < -0.3 is 0 Å². The van der Waals surface area contributed by atoms with Gasteiger partial charge in [-0.15, -0.1) is 0 Å². The van der Waals surface area contributed by atoms with E-state index in [9.17, 15) is 4.79 Å². The number of hydrogen-bond acceptors (Lipinski definition) is 1. The number of carbonyl (C=O) groups excluding carboxylic acids is 1. The molecule has 0 aliphatic carbocycles. The maximum Gasteiger partial charge on any atom is 0.151 e. The second-order valence-corrected chi connectivity index (χ2v) is 6.10. The Morgan fingerprint density at radius 2 is 1.90 bits per heavy atom. The van der Waals surface area contributed by atoms with Crippen LogP contribution in [0.5, 0.6) is 0 Å². The fourth-order valence-corrected chi connectivity index (χ4v) is 5.11. The molecule has 0 bridgehead atoms. The Bertz CT molecular complexity index is 317. The number of fused-ring (bicyclic) bond motifs is 1. The van der Waals surface area contributed by atoms with E-state index in [0.717, 1.165) is 5.56 Å². The van der Waals surface area contributed by atoms with Crippen molar-refractivity contribution in [2.75, 3.05) is 0 Å². The molecule has 0 saturated carbocycles. The Hall–Kier alpha value is -0.676. The molecule has 1 aliphatic heterocycles. The van der Waals surface area contributed by atoms with Gasteiger partial charge in [0, 0.05) is 14.2 Å². The molecule has 2 rings (SSSR count). The van der Waals surface area contributed by atoms with Crippen LogP contribution in [0.1, 0.15) is 10.4 Å². The van der Waals surface area contributed by atoms with Crippen molar-refractivity contribution in [1.82, 2.24) is 0 Å². The third-order valence-corrected chi connectivity index (χ3v) is 5.77. The van der Waals surface area contributed by atoms with Crippen LogP contribution in [0.3, 0.4) is 0 Å². The lowest BCUT2D eigenvalue weighted by molar-refractivity contribution is 0.108. The van der Waals surface area contributed by atoms with Crippen LogP contribution in [-0.4, -0.2) is 22.6 Å². The normalized spacial score (nSPS) is 13.8. The summed E-state index contributed by atoms with van der Waals surface area (Å²) in [7, 11) is 0.447. The highest BCUT2D eigenvalue weighted by atomic mass is 28.9. The van der Waals surface area contributed by atoms with E-state index in [-0.39, 0.29) is 8.61 Å². The number of rotatable bonds is 0. The summed E-state index contributed by atoms with van der Waals surface area (Å²) in [6.45, 7) is 0. The van der Waals surface area contributed by atoms with Crippen LogP contribution in [0.25, 0.3) is 0 Å². The van der Waals surface area contributed by atoms with E-state index in [2.05, 4.69) is 6.07 Å². The van der Waals surface area contributed by atoms with Crippen molar-refractivity contribution in [1.29, 1.82) is 0 Å². The van der Waals surface area contributed by atoms with Crippen LogP contribution >= 0.6 is 0 Å². The lowest BCUT2D eigenvalue weighted by Crippen LogP contribution is -2.07. The molecule has 0 spiro atoms. The Morgan fingerprint density at radius 1 is 1.10 bits per heavy atom. The van der Waals surface area contributed by atoms with Crippen molar-refractivity contribution in [3.63, 3.8) is 0 Å². The minimum Gasteiger partial charge on any atom is -0.296 e. The average Bonchev–Trinajstić information content (AvgIpc) is 2.34. The summed E-state index contributed by atoms with van der Waals surface area (Å²) in [5.41, 5.74) is 1.01. The molecule has 0 unspecified atom stereocenters. The van der Waals surface area contributed by atoms with Gasteiger partial charge in [0.2, 0.25) is 0 Å². The second kappa shape index (κ2) is 2.18. The highest BCUT2D eigenvalue weighted by Gasteiger charge is 2.10. The van der Waals surface area contributed by atoms with Gasteiger partial charge in [-0.3, -0.25) is 4.79 Å². The molecule has 1 aromatic rings. The highest BCUT2D eigenvalue weighted by Crippen LogP contribution is 1.97. The third kappa shape index (κ3) is 0.784. The molecule has 0 aromatic heterocycles. The van der Waals surface area contributed by atoms with Crippen LogP contribution in [0, 0.1) is 0 Å². The average molecular weight is 162 g/mol. The van der Waals surface area contributed by atoms with E-state index in [1.54, 1.807) is 0 Å². The molecule has 48 valence electrons. The molecule has 0 fully saturated rings. The second-order valence-electron chi connectivity index (χ2n) is 2.28. The van der Waals surface area contributed by atoms with Gasteiger partial charge in [0.15, 0.2) is 5.41 Å². The molecule has 10 heavy (non-hydrogen) atoms. The van der Waals surface area contributed by atoms with Crippen LogP contribution in [0.2, 0.25) is 0 Å². The monoisotopic (exact) mass is 162 g/mol. The topological polar surface area (TPSA) is 17.1 Å². The molecule has 0 N–H and O–H groups in total. The van der Waals surface area contributed by atoms with E-state index < -0.39 is 0 Å². The molecular weight excluding hydrogens is 156 g/mol. The van der Waals surface area contributed by atoms with Crippen molar-refractivity contribution in [2.45, 2.75) is 0 Å². The standard InChI is InChI=1S/C7H6OSi2/c8-7-5-3-1-2-4-6(5)9-10-7/h1-4,9-10H. The summed E-state index contributed by atoms with van der Waals surface area (Å²) in [4.78, 5) is 11.1. The van der Waals surface area contributed by atoms with E-state index in [1.807, 2.05) is 18.2 Å². The zero-order valence-corrected chi connectivity index (χ0v) is 7.68. The van der Waals surface area contributed by atoms with Crippen molar-refractivity contribution in [3.05, 3.63) is 29.8 Å². The molecule has 1 aliphatic rings. The number of hydrogen-bond donors (Lipinski definition) is 0. The Balaban J connectivity index is 2.70. The molecule has 1 heterocycles.